The van der Waals surface area contributed by atoms with Gasteiger partial charge in [-0.25, -0.2) is 0 Å². The van der Waals surface area contributed by atoms with Crippen LogP contribution in [0.1, 0.15) is 34.5 Å². The van der Waals surface area contributed by atoms with E-state index in [0.29, 0.717) is 5.92 Å². The van der Waals surface area contributed by atoms with Crippen molar-refractivity contribution in [2.24, 2.45) is 5.92 Å². The lowest BCUT2D eigenvalue weighted by molar-refractivity contribution is 0.0943. The summed E-state index contributed by atoms with van der Waals surface area (Å²) in [6.45, 7) is 3.66. The number of thiophene rings is 1. The fourth-order valence-corrected chi connectivity index (χ4v) is 3.77. The van der Waals surface area contributed by atoms with Gasteiger partial charge in [0.25, 0.3) is 5.91 Å². The normalized spacial score (nSPS) is 14.3. The van der Waals surface area contributed by atoms with Crippen molar-refractivity contribution >= 4 is 27.5 Å². The maximum atomic E-state index is 12.6. The van der Waals surface area contributed by atoms with Gasteiger partial charge >= 0.3 is 0 Å². The number of fused-ring (bicyclic) bond motifs is 1. The standard InChI is InChI=1S/C19H20N2OS/c1-13-4-2-3-5-15(13)12-21-16-8-9-23-18(16)10-17(21)19(22)20-11-14-6-7-14/h2-5,8-10,14H,6-7,11-12H2,1H3,(H,20,22). The van der Waals surface area contributed by atoms with Crippen molar-refractivity contribution in [2.45, 2.75) is 26.3 Å². The van der Waals surface area contributed by atoms with Crippen LogP contribution in [0.15, 0.2) is 41.8 Å². The highest BCUT2D eigenvalue weighted by Gasteiger charge is 2.23. The molecule has 3 aromatic rings. The summed E-state index contributed by atoms with van der Waals surface area (Å²) in [6.07, 6.45) is 2.50. The van der Waals surface area contributed by atoms with E-state index in [1.165, 1.54) is 28.7 Å². The Kier molecular flexibility index (Phi) is 3.69. The lowest BCUT2D eigenvalue weighted by Gasteiger charge is -2.12. The molecule has 1 N–H and O–H groups in total. The van der Waals surface area contributed by atoms with E-state index < -0.39 is 0 Å². The smallest absolute Gasteiger partial charge is 0.267 e. The molecule has 0 unspecified atom stereocenters. The minimum atomic E-state index is 0.0499. The second kappa shape index (κ2) is 5.85. The van der Waals surface area contributed by atoms with Crippen molar-refractivity contribution in [3.8, 4) is 0 Å². The summed E-state index contributed by atoms with van der Waals surface area (Å²) in [5.74, 6) is 0.744. The van der Waals surface area contributed by atoms with Crippen LogP contribution in [0.5, 0.6) is 0 Å². The number of carbonyl (C=O) groups excluding carboxylic acids is 1. The van der Waals surface area contributed by atoms with E-state index in [4.69, 9.17) is 0 Å². The average molecular weight is 324 g/mol. The van der Waals surface area contributed by atoms with Crippen molar-refractivity contribution < 1.29 is 4.79 Å². The van der Waals surface area contributed by atoms with Crippen molar-refractivity contribution in [3.63, 3.8) is 0 Å². The predicted molar refractivity (Wildman–Crippen MR) is 95.2 cm³/mol. The number of benzene rings is 1. The summed E-state index contributed by atoms with van der Waals surface area (Å²) in [5.41, 5.74) is 4.44. The van der Waals surface area contributed by atoms with Crippen LogP contribution in [0.2, 0.25) is 0 Å². The molecule has 0 aliphatic heterocycles. The zero-order chi connectivity index (χ0) is 15.8. The van der Waals surface area contributed by atoms with Crippen molar-refractivity contribution in [2.75, 3.05) is 6.54 Å². The van der Waals surface area contributed by atoms with Gasteiger partial charge < -0.3 is 9.88 Å². The van der Waals surface area contributed by atoms with Crippen LogP contribution in [-0.2, 0) is 6.54 Å². The first-order valence-corrected chi connectivity index (χ1v) is 9.00. The Balaban J connectivity index is 1.68. The van der Waals surface area contributed by atoms with Crippen molar-refractivity contribution in [3.05, 3.63) is 58.6 Å². The molecular formula is C19H20N2OS. The second-order valence-electron chi connectivity index (χ2n) is 6.37. The highest BCUT2D eigenvalue weighted by atomic mass is 32.1. The largest absolute Gasteiger partial charge is 0.350 e. The monoisotopic (exact) mass is 324 g/mol. The van der Waals surface area contributed by atoms with E-state index in [2.05, 4.69) is 52.5 Å². The van der Waals surface area contributed by atoms with Crippen molar-refractivity contribution in [1.29, 1.82) is 0 Å². The highest BCUT2D eigenvalue weighted by Crippen LogP contribution is 2.29. The van der Waals surface area contributed by atoms with Crippen LogP contribution in [-0.4, -0.2) is 17.0 Å². The molecule has 0 saturated heterocycles. The van der Waals surface area contributed by atoms with Gasteiger partial charge in [0, 0.05) is 13.1 Å². The van der Waals surface area contributed by atoms with Crippen LogP contribution < -0.4 is 5.32 Å². The van der Waals surface area contributed by atoms with Crippen LogP contribution in [0.3, 0.4) is 0 Å². The lowest BCUT2D eigenvalue weighted by atomic mass is 10.1. The van der Waals surface area contributed by atoms with Crippen LogP contribution >= 0.6 is 11.3 Å². The summed E-state index contributed by atoms with van der Waals surface area (Å²) in [5, 5.41) is 5.19. The number of aryl methyl sites for hydroxylation is 1. The Morgan fingerprint density at radius 3 is 2.91 bits per heavy atom. The van der Waals surface area contributed by atoms with E-state index in [1.54, 1.807) is 11.3 Å². The number of hydrogen-bond donors (Lipinski definition) is 1. The molecule has 0 bridgehead atoms. The first kappa shape index (κ1) is 14.5. The first-order valence-electron chi connectivity index (χ1n) is 8.12. The topological polar surface area (TPSA) is 34.0 Å². The molecule has 4 heteroatoms. The number of hydrogen-bond acceptors (Lipinski definition) is 2. The van der Waals surface area contributed by atoms with E-state index in [9.17, 15) is 4.79 Å². The number of rotatable bonds is 5. The summed E-state index contributed by atoms with van der Waals surface area (Å²) < 4.78 is 3.33. The van der Waals surface area contributed by atoms with Gasteiger partial charge in [-0.2, -0.15) is 0 Å². The zero-order valence-electron chi connectivity index (χ0n) is 13.2. The van der Waals surface area contributed by atoms with Gasteiger partial charge in [-0.3, -0.25) is 4.79 Å². The third-order valence-electron chi connectivity index (χ3n) is 4.59. The highest BCUT2D eigenvalue weighted by molar-refractivity contribution is 7.17. The third kappa shape index (κ3) is 2.91. The quantitative estimate of drug-likeness (QED) is 0.750. The van der Waals surface area contributed by atoms with Gasteiger partial charge in [0.1, 0.15) is 5.69 Å². The fourth-order valence-electron chi connectivity index (χ4n) is 2.94. The van der Waals surface area contributed by atoms with Crippen LogP contribution in [0, 0.1) is 12.8 Å². The van der Waals surface area contributed by atoms with E-state index in [1.807, 2.05) is 6.07 Å². The third-order valence-corrected chi connectivity index (χ3v) is 5.45. The molecule has 118 valence electrons. The van der Waals surface area contributed by atoms with Gasteiger partial charge in [0.15, 0.2) is 0 Å². The summed E-state index contributed by atoms with van der Waals surface area (Å²) >= 11 is 1.69. The molecule has 2 heterocycles. The minimum Gasteiger partial charge on any atom is -0.350 e. The van der Waals surface area contributed by atoms with Crippen LogP contribution in [0.4, 0.5) is 0 Å². The van der Waals surface area contributed by atoms with Gasteiger partial charge in [0.2, 0.25) is 0 Å². The number of nitrogens with one attached hydrogen (secondary N) is 1. The van der Waals surface area contributed by atoms with E-state index >= 15 is 0 Å². The zero-order valence-corrected chi connectivity index (χ0v) is 14.0. The SMILES string of the molecule is Cc1ccccc1Cn1c(C(=O)NCC2CC2)cc2sccc21. The van der Waals surface area contributed by atoms with Crippen molar-refractivity contribution in [1.82, 2.24) is 9.88 Å². The Bertz CT molecular complexity index is 857. The summed E-state index contributed by atoms with van der Waals surface area (Å²) in [4.78, 5) is 12.6. The molecule has 1 aromatic carbocycles. The molecule has 1 amide bonds. The number of amides is 1. The van der Waals surface area contributed by atoms with E-state index in [0.717, 1.165) is 24.3 Å². The minimum absolute atomic E-state index is 0.0499. The molecule has 0 spiro atoms. The van der Waals surface area contributed by atoms with Gasteiger partial charge in [-0.05, 0) is 54.3 Å². The number of carbonyl (C=O) groups is 1. The molecular weight excluding hydrogens is 304 g/mol. The Morgan fingerprint density at radius 1 is 1.30 bits per heavy atom. The Labute approximate surface area is 139 Å². The molecule has 4 rings (SSSR count). The summed E-state index contributed by atoms with van der Waals surface area (Å²) in [7, 11) is 0. The van der Waals surface area contributed by atoms with Gasteiger partial charge in [-0.1, -0.05) is 24.3 Å². The Hall–Kier alpha value is -2.07. The molecule has 3 nitrogen and oxygen atoms in total. The lowest BCUT2D eigenvalue weighted by Crippen LogP contribution is -2.28. The van der Waals surface area contributed by atoms with Gasteiger partial charge in [-0.15, -0.1) is 11.3 Å². The fraction of sp³-hybridized carbons (Fsp3) is 0.316. The molecule has 1 aliphatic rings. The maximum Gasteiger partial charge on any atom is 0.267 e. The van der Waals surface area contributed by atoms with Gasteiger partial charge in [0.05, 0.1) is 10.2 Å². The predicted octanol–water partition coefficient (Wildman–Crippen LogP) is 4.20. The molecule has 1 aliphatic carbocycles. The second-order valence-corrected chi connectivity index (χ2v) is 7.31. The number of nitrogens with zero attached hydrogens (tertiary/aromatic N) is 1. The Morgan fingerprint density at radius 2 is 2.13 bits per heavy atom. The molecule has 0 atom stereocenters. The molecule has 2 aromatic heterocycles. The summed E-state index contributed by atoms with van der Waals surface area (Å²) in [6, 6.07) is 12.5. The average Bonchev–Trinajstić information content (AvgIpc) is 3.16. The molecule has 23 heavy (non-hydrogen) atoms. The maximum absolute atomic E-state index is 12.6. The first-order chi connectivity index (χ1) is 11.2. The number of aromatic nitrogens is 1. The molecule has 0 radical (unpaired) electrons. The molecule has 1 fully saturated rings. The van der Waals surface area contributed by atoms with E-state index in [-0.39, 0.29) is 5.91 Å². The van der Waals surface area contributed by atoms with Crippen LogP contribution in [0.25, 0.3) is 10.2 Å². The molecule has 1 saturated carbocycles.